The average molecular weight is 320 g/mol. The molecule has 0 saturated heterocycles. The van der Waals surface area contributed by atoms with Crippen LogP contribution in [-0.2, 0) is 0 Å². The van der Waals surface area contributed by atoms with Crippen molar-refractivity contribution in [1.82, 2.24) is 9.97 Å². The van der Waals surface area contributed by atoms with Gasteiger partial charge in [-0.3, -0.25) is 4.79 Å². The lowest BCUT2D eigenvalue weighted by Crippen LogP contribution is -1.84. The number of hydrogen-bond acceptors (Lipinski definition) is 2. The van der Waals surface area contributed by atoms with Gasteiger partial charge >= 0.3 is 0 Å². The first-order valence-electron chi connectivity index (χ1n) is 4.28. The van der Waals surface area contributed by atoms with Gasteiger partial charge in [0.2, 0.25) is 0 Å². The molecule has 0 atom stereocenters. The van der Waals surface area contributed by atoms with Gasteiger partial charge in [-0.1, -0.05) is 29.3 Å². The van der Waals surface area contributed by atoms with Crippen molar-refractivity contribution in [2.45, 2.75) is 0 Å². The number of aldehydes is 1. The molecule has 2 aromatic rings. The number of rotatable bonds is 2. The number of aromatic nitrogens is 2. The van der Waals surface area contributed by atoms with Crippen LogP contribution in [0.25, 0.3) is 11.3 Å². The smallest absolute Gasteiger partial charge is 0.185 e. The van der Waals surface area contributed by atoms with E-state index in [0.717, 1.165) is 0 Å². The van der Waals surface area contributed by atoms with Crippen molar-refractivity contribution in [1.29, 1.82) is 0 Å². The van der Waals surface area contributed by atoms with Crippen LogP contribution >= 0.6 is 39.1 Å². The van der Waals surface area contributed by atoms with Gasteiger partial charge in [0.05, 0.1) is 10.0 Å². The van der Waals surface area contributed by atoms with Crippen LogP contribution in [-0.4, -0.2) is 16.3 Å². The molecule has 3 nitrogen and oxygen atoms in total. The van der Waals surface area contributed by atoms with E-state index >= 15 is 0 Å². The van der Waals surface area contributed by atoms with E-state index in [1.807, 2.05) is 0 Å². The third kappa shape index (κ3) is 2.00. The first-order valence-corrected chi connectivity index (χ1v) is 5.83. The van der Waals surface area contributed by atoms with Crippen LogP contribution in [0.4, 0.5) is 0 Å². The molecule has 0 saturated carbocycles. The number of halogens is 3. The molecular formula is C10H5BrCl2N2O. The molecule has 0 aliphatic carbocycles. The SMILES string of the molecule is O=Cc1nc(-c2c(Cl)cccc2Cl)c(Br)[nH]1. The predicted molar refractivity (Wildman–Crippen MR) is 67.1 cm³/mol. The largest absolute Gasteiger partial charge is 0.330 e. The summed E-state index contributed by atoms with van der Waals surface area (Å²) >= 11 is 15.4. The molecule has 0 aliphatic rings. The summed E-state index contributed by atoms with van der Waals surface area (Å²) in [7, 11) is 0. The average Bonchev–Trinajstić information content (AvgIpc) is 2.60. The molecule has 82 valence electrons. The molecule has 1 aromatic carbocycles. The normalized spacial score (nSPS) is 10.4. The summed E-state index contributed by atoms with van der Waals surface area (Å²) in [4.78, 5) is 17.4. The molecular weight excluding hydrogens is 315 g/mol. The Labute approximate surface area is 110 Å². The lowest BCUT2D eigenvalue weighted by molar-refractivity contribution is 0.111. The first-order chi connectivity index (χ1) is 7.63. The fourth-order valence-electron chi connectivity index (χ4n) is 1.31. The molecule has 0 fully saturated rings. The number of aromatic amines is 1. The second kappa shape index (κ2) is 4.57. The standard InChI is InChI=1S/C10H5BrCl2N2O/c11-10-9(14-7(4-16)15-10)8-5(12)2-1-3-6(8)13/h1-4H,(H,14,15). The minimum atomic E-state index is 0.220. The molecule has 0 bridgehead atoms. The summed E-state index contributed by atoms with van der Waals surface area (Å²) < 4.78 is 0.574. The first kappa shape index (κ1) is 11.6. The Morgan fingerprint density at radius 1 is 1.31 bits per heavy atom. The van der Waals surface area contributed by atoms with E-state index in [4.69, 9.17) is 23.2 Å². The maximum Gasteiger partial charge on any atom is 0.185 e. The van der Waals surface area contributed by atoms with Gasteiger partial charge in [-0.2, -0.15) is 0 Å². The van der Waals surface area contributed by atoms with Crippen LogP contribution in [0.3, 0.4) is 0 Å². The van der Waals surface area contributed by atoms with Crippen molar-refractivity contribution in [3.05, 3.63) is 38.7 Å². The van der Waals surface area contributed by atoms with E-state index in [-0.39, 0.29) is 5.82 Å². The second-order valence-electron chi connectivity index (χ2n) is 3.00. The third-order valence-electron chi connectivity index (χ3n) is 1.99. The summed E-state index contributed by atoms with van der Waals surface area (Å²) in [5.41, 5.74) is 1.12. The minimum absolute atomic E-state index is 0.220. The number of carbonyl (C=O) groups excluding carboxylic acids is 1. The fourth-order valence-corrected chi connectivity index (χ4v) is 2.38. The highest BCUT2D eigenvalue weighted by Gasteiger charge is 2.15. The van der Waals surface area contributed by atoms with Gasteiger partial charge in [0.25, 0.3) is 0 Å². The van der Waals surface area contributed by atoms with E-state index in [2.05, 4.69) is 25.9 Å². The van der Waals surface area contributed by atoms with Crippen LogP contribution < -0.4 is 0 Å². The topological polar surface area (TPSA) is 45.8 Å². The number of nitrogens with zero attached hydrogens (tertiary/aromatic N) is 1. The van der Waals surface area contributed by atoms with E-state index < -0.39 is 0 Å². The zero-order chi connectivity index (χ0) is 11.7. The number of nitrogens with one attached hydrogen (secondary N) is 1. The number of benzene rings is 1. The second-order valence-corrected chi connectivity index (χ2v) is 4.61. The van der Waals surface area contributed by atoms with Gasteiger partial charge in [-0.25, -0.2) is 4.98 Å². The highest BCUT2D eigenvalue weighted by atomic mass is 79.9. The Morgan fingerprint density at radius 2 is 1.94 bits per heavy atom. The van der Waals surface area contributed by atoms with Gasteiger partial charge in [0, 0.05) is 5.56 Å². The third-order valence-corrected chi connectivity index (χ3v) is 3.19. The van der Waals surface area contributed by atoms with E-state index in [1.165, 1.54) is 0 Å². The number of imidazole rings is 1. The van der Waals surface area contributed by atoms with Gasteiger partial charge in [0.15, 0.2) is 12.1 Å². The molecule has 6 heteroatoms. The minimum Gasteiger partial charge on any atom is -0.330 e. The Morgan fingerprint density at radius 3 is 2.44 bits per heavy atom. The zero-order valence-corrected chi connectivity index (χ0v) is 10.9. The molecule has 0 amide bonds. The molecule has 0 radical (unpaired) electrons. The highest BCUT2D eigenvalue weighted by molar-refractivity contribution is 9.10. The van der Waals surface area contributed by atoms with Gasteiger partial charge in [-0.05, 0) is 28.1 Å². The van der Waals surface area contributed by atoms with Crippen LogP contribution in [0, 0.1) is 0 Å². The van der Waals surface area contributed by atoms with Crippen LogP contribution in [0.1, 0.15) is 10.6 Å². The predicted octanol–water partition coefficient (Wildman–Crippen LogP) is 3.96. The lowest BCUT2D eigenvalue weighted by atomic mass is 10.2. The van der Waals surface area contributed by atoms with Gasteiger partial charge in [-0.15, -0.1) is 0 Å². The summed E-state index contributed by atoms with van der Waals surface area (Å²) in [6, 6.07) is 5.17. The lowest BCUT2D eigenvalue weighted by Gasteiger charge is -2.03. The van der Waals surface area contributed by atoms with Crippen LogP contribution in [0.15, 0.2) is 22.8 Å². The Hall–Kier alpha value is -0.840. The quantitative estimate of drug-likeness (QED) is 0.852. The number of carbonyl (C=O) groups is 1. The Kier molecular flexibility index (Phi) is 3.33. The van der Waals surface area contributed by atoms with Crippen molar-refractivity contribution in [2.75, 3.05) is 0 Å². The molecule has 0 aliphatic heterocycles. The summed E-state index contributed by atoms with van der Waals surface area (Å²) in [6.45, 7) is 0. The number of hydrogen-bond donors (Lipinski definition) is 1. The summed E-state index contributed by atoms with van der Waals surface area (Å²) in [6.07, 6.45) is 0.624. The van der Waals surface area contributed by atoms with Gasteiger partial charge < -0.3 is 4.98 Å². The summed E-state index contributed by atoms with van der Waals surface area (Å²) in [5.74, 6) is 0.220. The monoisotopic (exact) mass is 318 g/mol. The molecule has 16 heavy (non-hydrogen) atoms. The van der Waals surface area contributed by atoms with E-state index in [0.29, 0.717) is 32.2 Å². The maximum absolute atomic E-state index is 10.6. The van der Waals surface area contributed by atoms with Crippen LogP contribution in [0.5, 0.6) is 0 Å². The van der Waals surface area contributed by atoms with Gasteiger partial charge in [0.1, 0.15) is 10.3 Å². The highest BCUT2D eigenvalue weighted by Crippen LogP contribution is 2.36. The van der Waals surface area contributed by atoms with E-state index in [1.54, 1.807) is 18.2 Å². The number of H-pyrrole nitrogens is 1. The van der Waals surface area contributed by atoms with E-state index in [9.17, 15) is 4.79 Å². The Bertz CT molecular complexity index is 533. The van der Waals surface area contributed by atoms with Crippen LogP contribution in [0.2, 0.25) is 10.0 Å². The van der Waals surface area contributed by atoms with Crippen molar-refractivity contribution >= 4 is 45.4 Å². The zero-order valence-electron chi connectivity index (χ0n) is 7.80. The summed E-state index contributed by atoms with van der Waals surface area (Å²) in [5, 5.41) is 0.967. The molecule has 1 aromatic heterocycles. The molecule has 1 N–H and O–H groups in total. The van der Waals surface area contributed by atoms with Crippen molar-refractivity contribution < 1.29 is 4.79 Å². The van der Waals surface area contributed by atoms with Crippen molar-refractivity contribution in [2.24, 2.45) is 0 Å². The fraction of sp³-hybridized carbons (Fsp3) is 0. The Balaban J connectivity index is 2.66. The molecule has 2 rings (SSSR count). The molecule has 0 spiro atoms. The van der Waals surface area contributed by atoms with Crippen molar-refractivity contribution in [3.8, 4) is 11.3 Å². The van der Waals surface area contributed by atoms with Crippen molar-refractivity contribution in [3.63, 3.8) is 0 Å². The molecule has 1 heterocycles. The molecule has 0 unspecified atom stereocenters. The maximum atomic E-state index is 10.6.